The zero-order chi connectivity index (χ0) is 17.4. The maximum absolute atomic E-state index is 6.04. The zero-order valence-electron chi connectivity index (χ0n) is 14.9. The second-order valence-electron chi connectivity index (χ2n) is 7.07. The van der Waals surface area contributed by atoms with Gasteiger partial charge in [-0.15, -0.1) is 0 Å². The molecule has 0 heterocycles. The van der Waals surface area contributed by atoms with Crippen molar-refractivity contribution in [3.8, 4) is 11.5 Å². The third-order valence-corrected chi connectivity index (χ3v) is 4.43. The van der Waals surface area contributed by atoms with Crippen LogP contribution in [-0.4, -0.2) is 6.61 Å². The van der Waals surface area contributed by atoms with Gasteiger partial charge in [-0.1, -0.05) is 64.1 Å². The average molecular weight is 346 g/mol. The normalized spacial score (nSPS) is 11.8. The minimum Gasteiger partial charge on any atom is -0.418 e. The first-order valence-corrected chi connectivity index (χ1v) is 9.43. The van der Waals surface area contributed by atoms with Crippen molar-refractivity contribution >= 4 is 8.60 Å². The molecule has 0 bridgehead atoms. The van der Waals surface area contributed by atoms with Crippen LogP contribution in [0.2, 0.25) is 0 Å². The van der Waals surface area contributed by atoms with E-state index < -0.39 is 8.60 Å². The summed E-state index contributed by atoms with van der Waals surface area (Å²) in [5.74, 6) is 2.13. The SMILES string of the molecule is CC(C)CC(C)(C)COP(Oc1ccccc1)Oc1ccccc1. The molecule has 0 fully saturated rings. The number of rotatable bonds is 9. The highest BCUT2D eigenvalue weighted by Crippen LogP contribution is 2.43. The Morgan fingerprint density at radius 2 is 1.29 bits per heavy atom. The molecule has 2 aromatic rings. The van der Waals surface area contributed by atoms with Gasteiger partial charge < -0.3 is 9.05 Å². The van der Waals surface area contributed by atoms with E-state index in [4.69, 9.17) is 13.6 Å². The fourth-order valence-electron chi connectivity index (χ4n) is 2.60. The van der Waals surface area contributed by atoms with Crippen molar-refractivity contribution in [3.05, 3.63) is 60.7 Å². The van der Waals surface area contributed by atoms with Gasteiger partial charge in [0.15, 0.2) is 0 Å². The molecule has 0 amide bonds. The first-order valence-electron chi connectivity index (χ1n) is 8.34. The minimum atomic E-state index is -1.50. The van der Waals surface area contributed by atoms with Crippen molar-refractivity contribution in [1.82, 2.24) is 0 Å². The monoisotopic (exact) mass is 346 g/mol. The topological polar surface area (TPSA) is 27.7 Å². The molecule has 0 radical (unpaired) electrons. The van der Waals surface area contributed by atoms with Crippen molar-refractivity contribution in [2.75, 3.05) is 6.61 Å². The van der Waals surface area contributed by atoms with Crippen LogP contribution in [-0.2, 0) is 4.52 Å². The van der Waals surface area contributed by atoms with Gasteiger partial charge in [0.05, 0.1) is 6.61 Å². The third kappa shape index (κ3) is 6.90. The molecule has 2 rings (SSSR count). The summed E-state index contributed by atoms with van der Waals surface area (Å²) >= 11 is 0. The number of hydrogen-bond acceptors (Lipinski definition) is 3. The molecule has 0 aromatic heterocycles. The Bertz CT molecular complexity index is 543. The fourth-order valence-corrected chi connectivity index (χ4v) is 3.78. The summed E-state index contributed by atoms with van der Waals surface area (Å²) in [6.45, 7) is 9.48. The lowest BCUT2D eigenvalue weighted by Crippen LogP contribution is -2.21. The third-order valence-electron chi connectivity index (χ3n) is 3.37. The van der Waals surface area contributed by atoms with Gasteiger partial charge in [0.2, 0.25) is 0 Å². The Kier molecular flexibility index (Phi) is 7.08. The molecule has 2 aromatic carbocycles. The first-order chi connectivity index (χ1) is 11.4. The summed E-state index contributed by atoms with van der Waals surface area (Å²) in [6.07, 6.45) is 1.09. The lowest BCUT2D eigenvalue weighted by Gasteiger charge is -2.28. The van der Waals surface area contributed by atoms with Crippen LogP contribution >= 0.6 is 8.60 Å². The van der Waals surface area contributed by atoms with E-state index in [2.05, 4.69) is 27.7 Å². The fraction of sp³-hybridized carbons (Fsp3) is 0.400. The molecule has 3 nitrogen and oxygen atoms in total. The van der Waals surface area contributed by atoms with Crippen LogP contribution in [0.1, 0.15) is 34.1 Å². The second-order valence-corrected chi connectivity index (χ2v) is 8.14. The van der Waals surface area contributed by atoms with Gasteiger partial charge in [0.25, 0.3) is 0 Å². The van der Waals surface area contributed by atoms with Crippen molar-refractivity contribution in [2.45, 2.75) is 34.1 Å². The van der Waals surface area contributed by atoms with Crippen molar-refractivity contribution < 1.29 is 13.6 Å². The van der Waals surface area contributed by atoms with Crippen LogP contribution in [0.5, 0.6) is 11.5 Å². The zero-order valence-corrected chi connectivity index (χ0v) is 15.8. The Morgan fingerprint density at radius 1 is 0.833 bits per heavy atom. The summed E-state index contributed by atoms with van der Waals surface area (Å²) in [5.41, 5.74) is 0.0782. The molecule has 0 N–H and O–H groups in total. The highest BCUT2D eigenvalue weighted by atomic mass is 31.2. The van der Waals surface area contributed by atoms with Gasteiger partial charge >= 0.3 is 8.60 Å². The Balaban J connectivity index is 2.02. The van der Waals surface area contributed by atoms with Crippen LogP contribution in [0.3, 0.4) is 0 Å². The van der Waals surface area contributed by atoms with Crippen LogP contribution < -0.4 is 9.05 Å². The van der Waals surface area contributed by atoms with Gasteiger partial charge in [0, 0.05) is 0 Å². The van der Waals surface area contributed by atoms with Crippen LogP contribution in [0.4, 0.5) is 0 Å². The highest BCUT2D eigenvalue weighted by molar-refractivity contribution is 7.42. The molecule has 0 spiro atoms. The summed E-state index contributed by atoms with van der Waals surface area (Å²) < 4.78 is 17.9. The average Bonchev–Trinajstić information content (AvgIpc) is 2.53. The largest absolute Gasteiger partial charge is 0.463 e. The lowest BCUT2D eigenvalue weighted by molar-refractivity contribution is 0.141. The standard InChI is InChI=1S/C20H27O3P/c1-17(2)15-20(3,4)16-21-24(22-18-11-7-5-8-12-18)23-19-13-9-6-10-14-19/h5-14,17H,15-16H2,1-4H3. The summed E-state index contributed by atoms with van der Waals surface area (Å²) in [6, 6.07) is 19.3. The molecule has 0 aliphatic carbocycles. The molecular formula is C20H27O3P. The second kappa shape index (κ2) is 9.05. The van der Waals surface area contributed by atoms with Crippen molar-refractivity contribution in [3.63, 3.8) is 0 Å². The van der Waals surface area contributed by atoms with E-state index in [1.165, 1.54) is 0 Å². The molecule has 130 valence electrons. The molecule has 0 saturated heterocycles. The van der Waals surface area contributed by atoms with E-state index in [1.807, 2.05) is 60.7 Å². The van der Waals surface area contributed by atoms with E-state index >= 15 is 0 Å². The predicted molar refractivity (Wildman–Crippen MR) is 100 cm³/mol. The molecule has 0 aliphatic heterocycles. The molecule has 0 atom stereocenters. The molecule has 0 saturated carbocycles. The van der Waals surface area contributed by atoms with Gasteiger partial charge in [0.1, 0.15) is 11.5 Å². The summed E-state index contributed by atoms with van der Waals surface area (Å²) in [4.78, 5) is 0. The molecule has 0 aliphatic rings. The summed E-state index contributed by atoms with van der Waals surface area (Å²) in [7, 11) is -1.50. The lowest BCUT2D eigenvalue weighted by atomic mass is 9.85. The predicted octanol–water partition coefficient (Wildman–Crippen LogP) is 6.46. The number of hydrogen-bond donors (Lipinski definition) is 0. The van der Waals surface area contributed by atoms with E-state index in [0.29, 0.717) is 12.5 Å². The molecule has 0 unspecified atom stereocenters. The number of benzene rings is 2. The van der Waals surface area contributed by atoms with E-state index in [1.54, 1.807) is 0 Å². The van der Waals surface area contributed by atoms with E-state index in [-0.39, 0.29) is 5.41 Å². The van der Waals surface area contributed by atoms with Gasteiger partial charge in [-0.25, -0.2) is 0 Å². The van der Waals surface area contributed by atoms with Crippen molar-refractivity contribution in [2.24, 2.45) is 11.3 Å². The van der Waals surface area contributed by atoms with Gasteiger partial charge in [-0.2, -0.15) is 0 Å². The molecular weight excluding hydrogens is 319 g/mol. The molecule has 24 heavy (non-hydrogen) atoms. The Labute approximate surface area is 147 Å². The van der Waals surface area contributed by atoms with Crippen LogP contribution in [0, 0.1) is 11.3 Å². The first kappa shape index (κ1) is 18.8. The minimum absolute atomic E-state index is 0.0782. The van der Waals surface area contributed by atoms with E-state index in [0.717, 1.165) is 17.9 Å². The van der Waals surface area contributed by atoms with Gasteiger partial charge in [-0.3, -0.25) is 4.52 Å². The Hall–Kier alpha value is -1.57. The maximum atomic E-state index is 6.04. The summed E-state index contributed by atoms with van der Waals surface area (Å²) in [5, 5.41) is 0. The van der Waals surface area contributed by atoms with E-state index in [9.17, 15) is 0 Å². The smallest absolute Gasteiger partial charge is 0.418 e. The Morgan fingerprint density at radius 3 is 1.71 bits per heavy atom. The number of para-hydroxylation sites is 2. The van der Waals surface area contributed by atoms with Crippen LogP contribution in [0.25, 0.3) is 0 Å². The van der Waals surface area contributed by atoms with Gasteiger partial charge in [-0.05, 0) is 42.0 Å². The highest BCUT2D eigenvalue weighted by Gasteiger charge is 2.25. The quantitative estimate of drug-likeness (QED) is 0.488. The van der Waals surface area contributed by atoms with Crippen molar-refractivity contribution in [1.29, 1.82) is 0 Å². The molecule has 4 heteroatoms. The maximum Gasteiger partial charge on any atom is 0.463 e. The van der Waals surface area contributed by atoms with Crippen LogP contribution in [0.15, 0.2) is 60.7 Å².